The Hall–Kier alpha value is -6.12. The lowest BCUT2D eigenvalue weighted by Crippen LogP contribution is -2.11. The zero-order chi connectivity index (χ0) is 30.5. The first kappa shape index (κ1) is 26.3. The van der Waals surface area contributed by atoms with Gasteiger partial charge in [0.1, 0.15) is 0 Å². The molecule has 46 heavy (non-hydrogen) atoms. The maximum atomic E-state index is 2.48. The van der Waals surface area contributed by atoms with Gasteiger partial charge in [0.25, 0.3) is 0 Å². The second kappa shape index (κ2) is 10.8. The molecular weight excluding hydrogens is 556 g/mol. The summed E-state index contributed by atoms with van der Waals surface area (Å²) >= 11 is 0. The van der Waals surface area contributed by atoms with Crippen LogP contribution in [0.15, 0.2) is 182 Å². The van der Waals surface area contributed by atoms with E-state index in [2.05, 4.69) is 192 Å². The lowest BCUT2D eigenvalue weighted by Gasteiger charge is -2.29. The monoisotopic (exact) mass is 586 g/mol. The van der Waals surface area contributed by atoms with Crippen molar-refractivity contribution in [3.8, 4) is 50.2 Å². The van der Waals surface area contributed by atoms with Crippen molar-refractivity contribution >= 4 is 28.0 Å². The van der Waals surface area contributed by atoms with E-state index < -0.39 is 0 Å². The van der Waals surface area contributed by atoms with Crippen molar-refractivity contribution in [2.75, 3.05) is 4.90 Å². The number of benzene rings is 7. The minimum absolute atomic E-state index is 1.12. The van der Waals surface area contributed by atoms with E-state index in [0.29, 0.717) is 0 Å². The Labute approximate surface area is 269 Å². The smallest absolute Gasteiger partial charge is 0.0561 e. The summed E-state index contributed by atoms with van der Waals surface area (Å²) in [7, 11) is 0. The van der Waals surface area contributed by atoms with Crippen LogP contribution in [-0.2, 0) is 0 Å². The third kappa shape index (κ3) is 4.35. The summed E-state index contributed by atoms with van der Waals surface area (Å²) in [5.41, 5.74) is 15.5. The van der Waals surface area contributed by atoms with Gasteiger partial charge in [0.2, 0.25) is 0 Å². The molecule has 216 valence electrons. The van der Waals surface area contributed by atoms with Crippen molar-refractivity contribution in [1.29, 1.82) is 0 Å². The minimum Gasteiger partial charge on any atom is -0.316 e. The molecule has 0 N–H and O–H groups in total. The zero-order valence-electron chi connectivity index (χ0n) is 25.2. The molecule has 0 bridgehead atoms. The van der Waals surface area contributed by atoms with E-state index in [4.69, 9.17) is 0 Å². The van der Waals surface area contributed by atoms with Crippen molar-refractivity contribution in [1.82, 2.24) is 4.57 Å². The lowest BCUT2D eigenvalue weighted by atomic mass is 9.94. The van der Waals surface area contributed by atoms with E-state index in [1.165, 1.54) is 55.4 Å². The predicted molar refractivity (Wildman–Crippen MR) is 193 cm³/mol. The van der Waals surface area contributed by atoms with Crippen LogP contribution in [-0.4, -0.2) is 4.57 Å². The van der Waals surface area contributed by atoms with Gasteiger partial charge < -0.3 is 9.47 Å². The van der Waals surface area contributed by atoms with Crippen molar-refractivity contribution in [2.24, 2.45) is 0 Å². The Morgan fingerprint density at radius 1 is 0.326 bits per heavy atom. The second-order valence-electron chi connectivity index (χ2n) is 11.8. The molecule has 8 aromatic rings. The van der Waals surface area contributed by atoms with Gasteiger partial charge in [-0.05, 0) is 88.0 Å². The predicted octanol–water partition coefficient (Wildman–Crippen LogP) is 12.1. The quantitative estimate of drug-likeness (QED) is 0.199. The van der Waals surface area contributed by atoms with Crippen LogP contribution in [0.3, 0.4) is 0 Å². The van der Waals surface area contributed by atoms with Crippen LogP contribution in [0.2, 0.25) is 0 Å². The summed E-state index contributed by atoms with van der Waals surface area (Å²) in [6.45, 7) is 0. The average Bonchev–Trinajstić information content (AvgIpc) is 3.51. The molecule has 1 aromatic heterocycles. The average molecular weight is 587 g/mol. The number of fused-ring (bicyclic) bond motifs is 6. The van der Waals surface area contributed by atoms with Crippen LogP contribution in [0.1, 0.15) is 0 Å². The lowest BCUT2D eigenvalue weighted by molar-refractivity contribution is 1.13. The normalized spacial score (nSPS) is 11.9. The van der Waals surface area contributed by atoms with Crippen molar-refractivity contribution < 1.29 is 0 Å². The highest BCUT2D eigenvalue weighted by Crippen LogP contribution is 2.52. The SMILES string of the molecule is c1ccc(-c2cc(-c3ccccc3)cc(N3c4ccccc4-c4ccccc4-c4cc5ccn(-c6ccccc6)c5cc43)c2)cc1. The number of hydrogen-bond acceptors (Lipinski definition) is 1. The summed E-state index contributed by atoms with van der Waals surface area (Å²) in [5, 5.41) is 1.21. The number of aromatic nitrogens is 1. The Balaban J connectivity index is 1.38. The maximum absolute atomic E-state index is 2.48. The van der Waals surface area contributed by atoms with Crippen LogP contribution >= 0.6 is 0 Å². The minimum atomic E-state index is 1.12. The number of rotatable bonds is 4. The number of hydrogen-bond donors (Lipinski definition) is 0. The number of para-hydroxylation sites is 2. The molecular formula is C44H30N2. The first-order valence-corrected chi connectivity index (χ1v) is 15.8. The molecule has 9 rings (SSSR count). The van der Waals surface area contributed by atoms with Gasteiger partial charge in [0.15, 0.2) is 0 Å². The van der Waals surface area contributed by atoms with Crippen LogP contribution in [0, 0.1) is 0 Å². The van der Waals surface area contributed by atoms with Crippen LogP contribution in [0.25, 0.3) is 61.1 Å². The van der Waals surface area contributed by atoms with Crippen LogP contribution in [0.4, 0.5) is 17.1 Å². The summed E-state index contributed by atoms with van der Waals surface area (Å²) in [6.07, 6.45) is 2.19. The van der Waals surface area contributed by atoms with E-state index >= 15 is 0 Å². The fourth-order valence-corrected chi connectivity index (χ4v) is 6.98. The van der Waals surface area contributed by atoms with E-state index in [1.54, 1.807) is 0 Å². The fourth-order valence-electron chi connectivity index (χ4n) is 6.98. The van der Waals surface area contributed by atoms with Crippen LogP contribution < -0.4 is 4.90 Å². The van der Waals surface area contributed by atoms with Gasteiger partial charge in [-0.25, -0.2) is 0 Å². The zero-order valence-corrected chi connectivity index (χ0v) is 25.2. The molecule has 1 aliphatic rings. The molecule has 0 aliphatic carbocycles. The third-order valence-corrected chi connectivity index (χ3v) is 9.13. The maximum Gasteiger partial charge on any atom is 0.0561 e. The van der Waals surface area contributed by atoms with Gasteiger partial charge in [-0.3, -0.25) is 0 Å². The summed E-state index contributed by atoms with van der Waals surface area (Å²) in [4.78, 5) is 2.48. The van der Waals surface area contributed by atoms with Crippen LogP contribution in [0.5, 0.6) is 0 Å². The molecule has 0 radical (unpaired) electrons. The van der Waals surface area contributed by atoms with E-state index in [9.17, 15) is 0 Å². The molecule has 0 unspecified atom stereocenters. The van der Waals surface area contributed by atoms with Crippen molar-refractivity contribution in [3.63, 3.8) is 0 Å². The van der Waals surface area contributed by atoms with Crippen molar-refractivity contribution in [2.45, 2.75) is 0 Å². The highest BCUT2D eigenvalue weighted by molar-refractivity contribution is 6.06. The highest BCUT2D eigenvalue weighted by Gasteiger charge is 2.27. The van der Waals surface area contributed by atoms with E-state index in [1.807, 2.05) is 0 Å². The first-order valence-electron chi connectivity index (χ1n) is 15.8. The fraction of sp³-hybridized carbons (Fsp3) is 0. The summed E-state index contributed by atoms with van der Waals surface area (Å²) in [6, 6.07) is 63.7. The largest absolute Gasteiger partial charge is 0.316 e. The van der Waals surface area contributed by atoms with Gasteiger partial charge in [0.05, 0.1) is 16.9 Å². The van der Waals surface area contributed by atoms with E-state index in [0.717, 1.165) is 22.7 Å². The molecule has 0 saturated carbocycles. The van der Waals surface area contributed by atoms with Gasteiger partial charge >= 0.3 is 0 Å². The molecule has 0 amide bonds. The standard InChI is InChI=1S/C44H30N2/c1-4-14-31(15-5-1)34-26-35(32-16-6-2-7-17-32)28-37(27-34)46-42-23-13-12-22-40(42)38-20-10-11-21-39(38)41-29-33-24-25-45(43(33)30-44(41)46)36-18-8-3-9-19-36/h1-30H. The summed E-state index contributed by atoms with van der Waals surface area (Å²) in [5.74, 6) is 0. The topological polar surface area (TPSA) is 8.17 Å². The third-order valence-electron chi connectivity index (χ3n) is 9.13. The molecule has 7 aromatic carbocycles. The van der Waals surface area contributed by atoms with Crippen molar-refractivity contribution in [3.05, 3.63) is 182 Å². The van der Waals surface area contributed by atoms with Gasteiger partial charge in [-0.15, -0.1) is 0 Å². The Bertz CT molecular complexity index is 2290. The molecule has 1 aliphatic heterocycles. The Morgan fingerprint density at radius 2 is 0.870 bits per heavy atom. The molecule has 0 fully saturated rings. The molecule has 2 nitrogen and oxygen atoms in total. The Kier molecular flexibility index (Phi) is 6.17. The number of anilines is 3. The van der Waals surface area contributed by atoms with Gasteiger partial charge in [0, 0.05) is 34.1 Å². The molecule has 2 heteroatoms. The van der Waals surface area contributed by atoms with Gasteiger partial charge in [-0.2, -0.15) is 0 Å². The molecule has 0 atom stereocenters. The summed E-state index contributed by atoms with van der Waals surface area (Å²) < 4.78 is 2.30. The molecule has 0 saturated heterocycles. The first-order chi connectivity index (χ1) is 22.8. The Morgan fingerprint density at radius 3 is 1.52 bits per heavy atom. The highest BCUT2D eigenvalue weighted by atomic mass is 15.2. The van der Waals surface area contributed by atoms with Gasteiger partial charge in [-0.1, -0.05) is 121 Å². The second-order valence-corrected chi connectivity index (χ2v) is 11.8. The molecule has 0 spiro atoms. The van der Waals surface area contributed by atoms with E-state index in [-0.39, 0.29) is 0 Å². The molecule has 2 heterocycles. The number of nitrogens with zero attached hydrogens (tertiary/aromatic N) is 2.